The molecule has 0 amide bonds. The monoisotopic (exact) mass is 544 g/mol. The van der Waals surface area contributed by atoms with Crippen molar-refractivity contribution in [1.82, 2.24) is 0 Å². The van der Waals surface area contributed by atoms with E-state index in [4.69, 9.17) is 4.43 Å². The first-order chi connectivity index (χ1) is 17.3. The van der Waals surface area contributed by atoms with E-state index in [1.54, 1.807) is 5.57 Å². The molecule has 0 radical (unpaired) electrons. The van der Waals surface area contributed by atoms with Gasteiger partial charge in [0.15, 0.2) is 8.32 Å². The Hall–Kier alpha value is -0.683. The Morgan fingerprint density at radius 1 is 1.13 bits per heavy atom. The normalized spacial score (nSPS) is 36.1. The molecule has 0 aromatic carbocycles. The molecule has 3 aliphatic carbocycles. The standard InChI is InChI=1S/C34H60O3Si/c1-24(14-12-19-32(6,7)36)29-18-21-33(8)27(15-13-20-34(29,33)9)17-16-26-22-28(23-30(35)25(26)2)37-38(10,11)31(3,4)5/h16-17,24,28-30,35-36H,2,12-15,18-23H2,1,3-11H3/b26-16+,27-17-/t24-,28-,29-,30+,33+,34-/m1/s1. The minimum Gasteiger partial charge on any atom is -0.413 e. The average molecular weight is 545 g/mol. The van der Waals surface area contributed by atoms with Crippen molar-refractivity contribution in [3.8, 4) is 0 Å². The molecule has 3 saturated carbocycles. The Labute approximate surface area is 236 Å². The molecule has 0 unspecified atom stereocenters. The smallest absolute Gasteiger partial charge is 0.192 e. The van der Waals surface area contributed by atoms with Crippen LogP contribution in [0.3, 0.4) is 0 Å². The molecule has 38 heavy (non-hydrogen) atoms. The van der Waals surface area contributed by atoms with Crippen LogP contribution in [0.15, 0.2) is 35.5 Å². The van der Waals surface area contributed by atoms with E-state index in [2.05, 4.69) is 73.4 Å². The summed E-state index contributed by atoms with van der Waals surface area (Å²) in [4.78, 5) is 0. The van der Waals surface area contributed by atoms with Crippen molar-refractivity contribution in [3.05, 3.63) is 35.5 Å². The van der Waals surface area contributed by atoms with Gasteiger partial charge in [-0.25, -0.2) is 0 Å². The molecule has 0 aliphatic heterocycles. The fraction of sp³-hybridized carbons (Fsp3) is 0.824. The van der Waals surface area contributed by atoms with E-state index < -0.39 is 20.0 Å². The maximum Gasteiger partial charge on any atom is 0.192 e. The lowest BCUT2D eigenvalue weighted by atomic mass is 9.53. The third-order valence-corrected chi connectivity index (χ3v) is 16.1. The Bertz CT molecular complexity index is 917. The first-order valence-corrected chi connectivity index (χ1v) is 18.4. The van der Waals surface area contributed by atoms with Crippen LogP contribution in [0.4, 0.5) is 0 Å². The number of hydrogen-bond donors (Lipinski definition) is 2. The molecule has 6 atom stereocenters. The van der Waals surface area contributed by atoms with Crippen molar-refractivity contribution in [1.29, 1.82) is 0 Å². The van der Waals surface area contributed by atoms with Crippen LogP contribution in [0.25, 0.3) is 0 Å². The van der Waals surface area contributed by atoms with E-state index in [9.17, 15) is 10.2 Å². The highest BCUT2D eigenvalue weighted by molar-refractivity contribution is 6.74. The molecular weight excluding hydrogens is 484 g/mol. The number of rotatable bonds is 8. The molecule has 0 heterocycles. The second-order valence-corrected chi connectivity index (χ2v) is 20.6. The third kappa shape index (κ3) is 6.61. The van der Waals surface area contributed by atoms with E-state index in [0.29, 0.717) is 17.8 Å². The van der Waals surface area contributed by atoms with Crippen LogP contribution in [0.2, 0.25) is 18.1 Å². The summed E-state index contributed by atoms with van der Waals surface area (Å²) in [5.41, 5.74) is 3.63. The van der Waals surface area contributed by atoms with Crippen molar-refractivity contribution in [2.24, 2.45) is 22.7 Å². The van der Waals surface area contributed by atoms with Gasteiger partial charge in [-0.1, -0.05) is 78.7 Å². The van der Waals surface area contributed by atoms with Gasteiger partial charge in [0.05, 0.1) is 17.8 Å². The minimum absolute atomic E-state index is 0.0638. The molecule has 0 spiro atoms. The summed E-state index contributed by atoms with van der Waals surface area (Å²) in [6.45, 7) is 27.2. The molecule has 3 aliphatic rings. The van der Waals surface area contributed by atoms with Crippen LogP contribution in [-0.4, -0.2) is 36.3 Å². The van der Waals surface area contributed by atoms with Crippen LogP contribution in [0.5, 0.6) is 0 Å². The lowest BCUT2D eigenvalue weighted by Crippen LogP contribution is -2.46. The zero-order valence-corrected chi connectivity index (χ0v) is 27.5. The molecule has 3 fully saturated rings. The number of aliphatic hydroxyl groups excluding tert-OH is 1. The van der Waals surface area contributed by atoms with Gasteiger partial charge >= 0.3 is 0 Å². The van der Waals surface area contributed by atoms with Gasteiger partial charge in [-0.3, -0.25) is 0 Å². The van der Waals surface area contributed by atoms with Crippen LogP contribution in [0, 0.1) is 22.7 Å². The summed E-state index contributed by atoms with van der Waals surface area (Å²) in [6.07, 6.45) is 15.3. The van der Waals surface area contributed by atoms with E-state index in [0.717, 1.165) is 30.8 Å². The second kappa shape index (κ2) is 11.3. The van der Waals surface area contributed by atoms with E-state index in [1.807, 2.05) is 13.8 Å². The highest BCUT2D eigenvalue weighted by Crippen LogP contribution is 2.67. The first kappa shape index (κ1) is 31.8. The fourth-order valence-electron chi connectivity index (χ4n) is 7.73. The van der Waals surface area contributed by atoms with Crippen molar-refractivity contribution in [2.45, 2.75) is 156 Å². The first-order valence-electron chi connectivity index (χ1n) is 15.5. The van der Waals surface area contributed by atoms with Gasteiger partial charge in [-0.2, -0.15) is 0 Å². The molecule has 218 valence electrons. The SMILES string of the molecule is C=C1/C(=C/C=C2/CCC[C@]3(C)[C@@H]([C@H](C)CCCC(C)(C)O)CC[C@@]23C)C[C@@H](O[Si](C)(C)C(C)(C)C)C[C@@H]1O. The van der Waals surface area contributed by atoms with Gasteiger partial charge in [-0.05, 0) is 111 Å². The van der Waals surface area contributed by atoms with Crippen LogP contribution < -0.4 is 0 Å². The molecule has 0 aromatic rings. The summed E-state index contributed by atoms with van der Waals surface area (Å²) in [6, 6.07) is 0. The van der Waals surface area contributed by atoms with Crippen molar-refractivity contribution < 1.29 is 14.6 Å². The predicted molar refractivity (Wildman–Crippen MR) is 165 cm³/mol. The summed E-state index contributed by atoms with van der Waals surface area (Å²) in [5, 5.41) is 21.2. The largest absolute Gasteiger partial charge is 0.413 e. The molecule has 0 aromatic heterocycles. The van der Waals surface area contributed by atoms with Gasteiger partial charge in [0.2, 0.25) is 0 Å². The second-order valence-electron chi connectivity index (χ2n) is 15.8. The Kier molecular flexibility index (Phi) is 9.47. The zero-order valence-electron chi connectivity index (χ0n) is 26.5. The van der Waals surface area contributed by atoms with Crippen LogP contribution >= 0.6 is 0 Å². The number of allylic oxidation sites excluding steroid dienone is 3. The van der Waals surface area contributed by atoms with E-state index >= 15 is 0 Å². The summed E-state index contributed by atoms with van der Waals surface area (Å²) < 4.78 is 6.74. The van der Waals surface area contributed by atoms with Gasteiger partial charge < -0.3 is 14.6 Å². The Morgan fingerprint density at radius 3 is 2.39 bits per heavy atom. The van der Waals surface area contributed by atoms with Gasteiger partial charge in [0.1, 0.15) is 0 Å². The van der Waals surface area contributed by atoms with Gasteiger partial charge in [0.25, 0.3) is 0 Å². The third-order valence-electron chi connectivity index (χ3n) is 11.5. The average Bonchev–Trinajstić information content (AvgIpc) is 3.04. The Balaban J connectivity index is 1.79. The number of hydrogen-bond acceptors (Lipinski definition) is 3. The maximum absolute atomic E-state index is 10.9. The zero-order chi connectivity index (χ0) is 28.7. The van der Waals surface area contributed by atoms with Crippen molar-refractivity contribution in [2.75, 3.05) is 0 Å². The molecule has 3 rings (SSSR count). The topological polar surface area (TPSA) is 49.7 Å². The molecular formula is C34H60O3Si. The van der Waals surface area contributed by atoms with Crippen molar-refractivity contribution >= 4 is 8.32 Å². The Morgan fingerprint density at radius 2 is 1.79 bits per heavy atom. The summed E-state index contributed by atoms with van der Waals surface area (Å²) in [5.74, 6) is 1.42. The lowest BCUT2D eigenvalue weighted by molar-refractivity contribution is 0.0299. The van der Waals surface area contributed by atoms with E-state index in [-0.39, 0.29) is 16.6 Å². The number of fused-ring (bicyclic) bond motifs is 1. The molecule has 4 heteroatoms. The fourth-order valence-corrected chi connectivity index (χ4v) is 9.10. The van der Waals surface area contributed by atoms with Crippen LogP contribution in [0.1, 0.15) is 120 Å². The summed E-state index contributed by atoms with van der Waals surface area (Å²) in [7, 11) is -1.90. The van der Waals surface area contributed by atoms with Crippen LogP contribution in [-0.2, 0) is 4.43 Å². The molecule has 2 N–H and O–H groups in total. The highest BCUT2D eigenvalue weighted by atomic mass is 28.4. The predicted octanol–water partition coefficient (Wildman–Crippen LogP) is 9.12. The molecule has 0 saturated heterocycles. The van der Waals surface area contributed by atoms with Gasteiger partial charge in [0, 0.05) is 6.42 Å². The maximum atomic E-state index is 10.9. The molecule has 0 bridgehead atoms. The highest BCUT2D eigenvalue weighted by Gasteiger charge is 2.57. The van der Waals surface area contributed by atoms with E-state index in [1.165, 1.54) is 44.1 Å². The molecule has 3 nitrogen and oxygen atoms in total. The quantitative estimate of drug-likeness (QED) is 0.300. The number of aliphatic hydroxyl groups is 2. The van der Waals surface area contributed by atoms with Crippen molar-refractivity contribution in [3.63, 3.8) is 0 Å². The lowest BCUT2D eigenvalue weighted by Gasteiger charge is -2.51. The minimum atomic E-state index is -1.90. The summed E-state index contributed by atoms with van der Waals surface area (Å²) >= 11 is 0. The van der Waals surface area contributed by atoms with Gasteiger partial charge in [-0.15, -0.1) is 0 Å².